The molecule has 0 aliphatic rings. The molecule has 0 aliphatic carbocycles. The number of halogens is 1. The molecule has 3 rings (SSSR count). The first-order chi connectivity index (χ1) is 9.65. The summed E-state index contributed by atoms with van der Waals surface area (Å²) in [4.78, 5) is 0. The van der Waals surface area contributed by atoms with Gasteiger partial charge in [0.1, 0.15) is 0 Å². The van der Waals surface area contributed by atoms with E-state index in [2.05, 4.69) is 5.10 Å². The van der Waals surface area contributed by atoms with Crippen molar-refractivity contribution in [3.8, 4) is 22.7 Å². The molecule has 1 N–H and O–H groups in total. The van der Waals surface area contributed by atoms with Crippen LogP contribution in [0.4, 0.5) is 0 Å². The van der Waals surface area contributed by atoms with Crippen LogP contribution >= 0.6 is 11.6 Å². The Labute approximate surface area is 131 Å². The third kappa shape index (κ3) is 2.49. The Bertz CT molecular complexity index is 753. The maximum atomic E-state index is 9.90. The molecule has 3 aromatic rings. The van der Waals surface area contributed by atoms with Crippen LogP contribution in [0.5, 0.6) is 5.75 Å². The van der Waals surface area contributed by atoms with E-state index in [-0.39, 0.29) is 5.75 Å². The van der Waals surface area contributed by atoms with Crippen LogP contribution in [0, 0.1) is 0 Å². The molecule has 0 saturated carbocycles. The molecular formula is C15H10ClN2OZn. The molecule has 0 radical (unpaired) electrons. The molecule has 0 atom stereocenters. The minimum absolute atomic E-state index is 0.220. The summed E-state index contributed by atoms with van der Waals surface area (Å²) in [6.07, 6.45) is 1.96. The predicted molar refractivity (Wildman–Crippen MR) is 75.3 cm³/mol. The first-order valence-corrected chi connectivity index (χ1v) is 7.97. The van der Waals surface area contributed by atoms with Gasteiger partial charge in [0.2, 0.25) is 0 Å². The number of rotatable bonds is 2. The van der Waals surface area contributed by atoms with Crippen molar-refractivity contribution in [3.05, 3.63) is 59.8 Å². The SMILES string of the molecule is Oc1ccccc1-n1c[c]([Zn])c(-c2ccc(Cl)cc2)n1. The van der Waals surface area contributed by atoms with E-state index in [1.807, 2.05) is 42.6 Å². The van der Waals surface area contributed by atoms with Crippen LogP contribution in [-0.4, -0.2) is 14.9 Å². The fraction of sp³-hybridized carbons (Fsp3) is 0. The molecule has 95 valence electrons. The van der Waals surface area contributed by atoms with Gasteiger partial charge in [-0.05, 0) is 0 Å². The second kappa shape index (κ2) is 5.39. The summed E-state index contributed by atoms with van der Waals surface area (Å²) >= 11 is 6.90. The van der Waals surface area contributed by atoms with Gasteiger partial charge in [0.25, 0.3) is 0 Å². The van der Waals surface area contributed by atoms with E-state index >= 15 is 0 Å². The monoisotopic (exact) mass is 333 g/mol. The molecule has 0 bridgehead atoms. The average Bonchev–Trinajstić information content (AvgIpc) is 2.82. The summed E-state index contributed by atoms with van der Waals surface area (Å²) in [7, 11) is 0. The Morgan fingerprint density at radius 2 is 1.75 bits per heavy atom. The van der Waals surface area contributed by atoms with E-state index in [0.29, 0.717) is 10.7 Å². The molecule has 0 spiro atoms. The van der Waals surface area contributed by atoms with Crippen LogP contribution in [0.1, 0.15) is 0 Å². The van der Waals surface area contributed by atoms with Gasteiger partial charge in [-0.1, -0.05) is 0 Å². The van der Waals surface area contributed by atoms with Crippen LogP contribution in [0.2, 0.25) is 5.02 Å². The molecule has 0 amide bonds. The summed E-state index contributed by atoms with van der Waals surface area (Å²) in [5, 5.41) is 15.2. The molecule has 0 fully saturated rings. The molecule has 20 heavy (non-hydrogen) atoms. The van der Waals surface area contributed by atoms with Crippen molar-refractivity contribution in [2.45, 2.75) is 0 Å². The van der Waals surface area contributed by atoms with Gasteiger partial charge in [0.05, 0.1) is 0 Å². The van der Waals surface area contributed by atoms with E-state index in [4.69, 9.17) is 11.6 Å². The number of hydrogen-bond acceptors (Lipinski definition) is 2. The Kier molecular flexibility index (Phi) is 3.60. The quantitative estimate of drug-likeness (QED) is 0.731. The summed E-state index contributed by atoms with van der Waals surface area (Å²) < 4.78 is 2.88. The average molecular weight is 335 g/mol. The number of aromatic hydroxyl groups is 1. The number of phenolic OH excluding ortho intramolecular Hbond substituents is 1. The normalized spacial score (nSPS) is 10.8. The summed E-state index contributed by atoms with van der Waals surface area (Å²) in [6, 6.07) is 14.8. The summed E-state index contributed by atoms with van der Waals surface area (Å²) in [5.41, 5.74) is 2.65. The van der Waals surface area contributed by atoms with Crippen molar-refractivity contribution in [1.82, 2.24) is 9.78 Å². The topological polar surface area (TPSA) is 38.0 Å². The Morgan fingerprint density at radius 3 is 2.45 bits per heavy atom. The van der Waals surface area contributed by atoms with Crippen molar-refractivity contribution in [2.24, 2.45) is 0 Å². The van der Waals surface area contributed by atoms with Crippen molar-refractivity contribution >= 4 is 15.8 Å². The number of benzene rings is 2. The molecule has 3 nitrogen and oxygen atoms in total. The van der Waals surface area contributed by atoms with Gasteiger partial charge in [0, 0.05) is 0 Å². The Hall–Kier alpha value is -1.64. The van der Waals surface area contributed by atoms with E-state index in [1.54, 1.807) is 16.8 Å². The zero-order valence-electron chi connectivity index (χ0n) is 10.6. The van der Waals surface area contributed by atoms with Crippen LogP contribution < -0.4 is 4.16 Å². The van der Waals surface area contributed by atoms with Gasteiger partial charge in [-0.25, -0.2) is 0 Å². The molecular weight excluding hydrogens is 325 g/mol. The molecule has 2 aromatic carbocycles. The van der Waals surface area contributed by atoms with Crippen molar-refractivity contribution in [2.75, 3.05) is 0 Å². The maximum absolute atomic E-state index is 9.90. The minimum atomic E-state index is 0.220. The summed E-state index contributed by atoms with van der Waals surface area (Å²) in [5.74, 6) is 0.220. The summed E-state index contributed by atoms with van der Waals surface area (Å²) in [6.45, 7) is 0. The predicted octanol–water partition coefficient (Wildman–Crippen LogP) is 3.07. The van der Waals surface area contributed by atoms with Gasteiger partial charge in [-0.3, -0.25) is 0 Å². The standard InChI is InChI=1S/C15H10ClN2O.Zn/c16-12-7-5-11(6-8-12)13-9-10-18(17-13)14-3-1-2-4-15(14)19;/h1-8,10,19H;. The number of hydrogen-bond donors (Lipinski definition) is 1. The second-order valence-electron chi connectivity index (χ2n) is 4.44. The zero-order chi connectivity index (χ0) is 14.1. The van der Waals surface area contributed by atoms with Gasteiger partial charge < -0.3 is 0 Å². The van der Waals surface area contributed by atoms with Crippen molar-refractivity contribution < 1.29 is 23.4 Å². The van der Waals surface area contributed by atoms with Gasteiger partial charge in [0.15, 0.2) is 0 Å². The van der Waals surface area contributed by atoms with Crippen LogP contribution in [-0.2, 0) is 18.3 Å². The van der Waals surface area contributed by atoms with Gasteiger partial charge in [-0.2, -0.15) is 0 Å². The Morgan fingerprint density at radius 1 is 1.05 bits per heavy atom. The third-order valence-electron chi connectivity index (χ3n) is 3.04. The first-order valence-electron chi connectivity index (χ1n) is 6.11. The molecule has 0 aliphatic heterocycles. The van der Waals surface area contributed by atoms with E-state index in [0.717, 1.165) is 33.7 Å². The first kappa shape index (κ1) is 13.4. The van der Waals surface area contributed by atoms with E-state index < -0.39 is 0 Å². The van der Waals surface area contributed by atoms with Gasteiger partial charge >= 0.3 is 131 Å². The number of aromatic nitrogens is 2. The molecule has 1 heterocycles. The molecule has 0 unspecified atom stereocenters. The number of phenols is 1. The van der Waals surface area contributed by atoms with Crippen LogP contribution in [0.3, 0.4) is 0 Å². The number of nitrogens with zero attached hydrogens (tertiary/aromatic N) is 2. The fourth-order valence-electron chi connectivity index (χ4n) is 2.04. The van der Waals surface area contributed by atoms with E-state index in [9.17, 15) is 5.11 Å². The van der Waals surface area contributed by atoms with Crippen LogP contribution in [0.25, 0.3) is 16.9 Å². The number of para-hydroxylation sites is 2. The van der Waals surface area contributed by atoms with Crippen molar-refractivity contribution in [3.63, 3.8) is 0 Å². The van der Waals surface area contributed by atoms with Crippen molar-refractivity contribution in [1.29, 1.82) is 0 Å². The van der Waals surface area contributed by atoms with Gasteiger partial charge in [-0.15, -0.1) is 0 Å². The van der Waals surface area contributed by atoms with E-state index in [1.165, 1.54) is 0 Å². The molecule has 0 saturated heterocycles. The third-order valence-corrected chi connectivity index (χ3v) is 4.37. The fourth-order valence-corrected chi connectivity index (χ4v) is 3.11. The Balaban J connectivity index is 2.08. The molecule has 1 aromatic heterocycles. The molecule has 5 heteroatoms. The van der Waals surface area contributed by atoms with Crippen LogP contribution in [0.15, 0.2) is 54.7 Å². The second-order valence-corrected chi connectivity index (χ2v) is 6.48. The zero-order valence-corrected chi connectivity index (χ0v) is 14.3.